The molecule has 0 spiro atoms. The number of hydrogen-bond donors (Lipinski definition) is 2. The van der Waals surface area contributed by atoms with Crippen molar-refractivity contribution in [2.75, 3.05) is 19.0 Å². The molecule has 0 aliphatic heterocycles. The van der Waals surface area contributed by atoms with Crippen LogP contribution in [-0.4, -0.2) is 18.6 Å². The number of nitrogens with two attached hydrogens (primary N) is 1. The van der Waals surface area contributed by atoms with Gasteiger partial charge in [0.2, 0.25) is 0 Å². The Balaban J connectivity index is 2.10. The summed E-state index contributed by atoms with van der Waals surface area (Å²) in [5.41, 5.74) is 7.72. The molecule has 4 heteroatoms. The van der Waals surface area contributed by atoms with E-state index in [0.717, 1.165) is 17.1 Å². The molecule has 3 N–H and O–H groups in total. The third-order valence-corrected chi connectivity index (χ3v) is 2.71. The number of nitrogens with zero attached hydrogens (tertiary/aromatic N) is 1. The zero-order valence-corrected chi connectivity index (χ0v) is 10.3. The van der Waals surface area contributed by atoms with E-state index < -0.39 is 0 Å². The quantitative estimate of drug-likeness (QED) is 0.845. The summed E-state index contributed by atoms with van der Waals surface area (Å²) >= 11 is 0. The van der Waals surface area contributed by atoms with E-state index in [0.29, 0.717) is 6.54 Å². The van der Waals surface area contributed by atoms with Crippen LogP contribution in [0.15, 0.2) is 48.7 Å². The number of rotatable bonds is 5. The maximum absolute atomic E-state index is 5.78. The predicted octanol–water partition coefficient (Wildman–Crippen LogP) is 2.20. The molecular weight excluding hydrogens is 226 g/mol. The van der Waals surface area contributed by atoms with Crippen molar-refractivity contribution in [3.63, 3.8) is 0 Å². The average molecular weight is 243 g/mol. The third-order valence-electron chi connectivity index (χ3n) is 2.71. The van der Waals surface area contributed by atoms with Gasteiger partial charge in [-0.2, -0.15) is 0 Å². The lowest BCUT2D eigenvalue weighted by Gasteiger charge is -2.17. The second kappa shape index (κ2) is 6.02. The fourth-order valence-electron chi connectivity index (χ4n) is 1.72. The van der Waals surface area contributed by atoms with Gasteiger partial charge in [0, 0.05) is 18.4 Å². The fourth-order valence-corrected chi connectivity index (χ4v) is 1.72. The van der Waals surface area contributed by atoms with Crippen molar-refractivity contribution in [3.8, 4) is 5.75 Å². The summed E-state index contributed by atoms with van der Waals surface area (Å²) < 4.78 is 5.12. The van der Waals surface area contributed by atoms with E-state index in [1.807, 2.05) is 42.5 Å². The lowest BCUT2D eigenvalue weighted by molar-refractivity contribution is 0.415. The highest BCUT2D eigenvalue weighted by Crippen LogP contribution is 2.19. The molecule has 1 atom stereocenters. The molecule has 0 saturated heterocycles. The van der Waals surface area contributed by atoms with Crippen LogP contribution in [0.4, 0.5) is 5.69 Å². The molecule has 0 amide bonds. The summed E-state index contributed by atoms with van der Waals surface area (Å²) in [5.74, 6) is 0.836. The average Bonchev–Trinajstić information content (AvgIpc) is 2.46. The molecule has 1 aromatic heterocycles. The minimum atomic E-state index is 0.0135. The first-order valence-electron chi connectivity index (χ1n) is 5.85. The Kier molecular flexibility index (Phi) is 4.15. The Labute approximate surface area is 107 Å². The first kappa shape index (κ1) is 12.4. The number of ether oxygens (including phenoxy) is 1. The molecule has 1 heterocycles. The highest BCUT2D eigenvalue weighted by atomic mass is 16.5. The lowest BCUT2D eigenvalue weighted by Crippen LogP contribution is -2.21. The molecule has 94 valence electrons. The van der Waals surface area contributed by atoms with Gasteiger partial charge < -0.3 is 15.8 Å². The summed E-state index contributed by atoms with van der Waals surface area (Å²) in [7, 11) is 1.65. The van der Waals surface area contributed by atoms with Crippen LogP contribution in [0.1, 0.15) is 11.7 Å². The van der Waals surface area contributed by atoms with Gasteiger partial charge in [0.05, 0.1) is 18.8 Å². The maximum Gasteiger partial charge on any atom is 0.119 e. The Morgan fingerprint density at radius 1 is 1.22 bits per heavy atom. The van der Waals surface area contributed by atoms with Crippen molar-refractivity contribution in [2.24, 2.45) is 5.73 Å². The third kappa shape index (κ3) is 2.99. The Hall–Kier alpha value is -2.07. The molecule has 1 unspecified atom stereocenters. The number of pyridine rings is 1. The number of anilines is 1. The monoisotopic (exact) mass is 243 g/mol. The Morgan fingerprint density at radius 3 is 2.56 bits per heavy atom. The minimum Gasteiger partial charge on any atom is -0.497 e. The van der Waals surface area contributed by atoms with Crippen LogP contribution < -0.4 is 15.8 Å². The van der Waals surface area contributed by atoms with Crippen LogP contribution in [0.5, 0.6) is 5.75 Å². The van der Waals surface area contributed by atoms with E-state index in [4.69, 9.17) is 10.5 Å². The molecule has 0 aliphatic carbocycles. The molecular formula is C14H17N3O. The van der Waals surface area contributed by atoms with Crippen LogP contribution in [0.25, 0.3) is 0 Å². The van der Waals surface area contributed by atoms with Gasteiger partial charge in [-0.3, -0.25) is 4.98 Å². The Bertz CT molecular complexity index is 470. The molecule has 0 radical (unpaired) electrons. The number of methoxy groups -OCH3 is 1. The maximum atomic E-state index is 5.78. The van der Waals surface area contributed by atoms with E-state index in [-0.39, 0.29) is 6.04 Å². The molecule has 18 heavy (non-hydrogen) atoms. The van der Waals surface area contributed by atoms with Gasteiger partial charge in [0.1, 0.15) is 5.75 Å². The van der Waals surface area contributed by atoms with E-state index in [9.17, 15) is 0 Å². The standard InChI is InChI=1S/C14H17N3O/c1-18-12-7-5-11(6-8-12)17-14(10-15)13-4-2-3-9-16-13/h2-9,14,17H,10,15H2,1H3. The second-order valence-electron chi connectivity index (χ2n) is 3.92. The fraction of sp³-hybridized carbons (Fsp3) is 0.214. The molecule has 4 nitrogen and oxygen atoms in total. The largest absolute Gasteiger partial charge is 0.497 e. The summed E-state index contributed by atoms with van der Waals surface area (Å²) in [6.45, 7) is 0.489. The first-order chi connectivity index (χ1) is 8.83. The highest BCUT2D eigenvalue weighted by Gasteiger charge is 2.09. The molecule has 0 bridgehead atoms. The Morgan fingerprint density at radius 2 is 2.00 bits per heavy atom. The van der Waals surface area contributed by atoms with Crippen molar-refractivity contribution in [1.29, 1.82) is 0 Å². The predicted molar refractivity (Wildman–Crippen MR) is 72.6 cm³/mol. The number of benzene rings is 1. The zero-order chi connectivity index (χ0) is 12.8. The summed E-state index contributed by atoms with van der Waals surface area (Å²) in [4.78, 5) is 4.31. The SMILES string of the molecule is COc1ccc(NC(CN)c2ccccn2)cc1. The molecule has 0 aliphatic rings. The van der Waals surface area contributed by atoms with Crippen molar-refractivity contribution in [3.05, 3.63) is 54.4 Å². The molecule has 0 saturated carbocycles. The van der Waals surface area contributed by atoms with Gasteiger partial charge in [-0.05, 0) is 36.4 Å². The van der Waals surface area contributed by atoms with Crippen molar-refractivity contribution >= 4 is 5.69 Å². The molecule has 2 rings (SSSR count). The number of hydrogen-bond acceptors (Lipinski definition) is 4. The first-order valence-corrected chi connectivity index (χ1v) is 5.85. The smallest absolute Gasteiger partial charge is 0.119 e. The normalized spacial score (nSPS) is 11.9. The van der Waals surface area contributed by atoms with Gasteiger partial charge in [0.25, 0.3) is 0 Å². The van der Waals surface area contributed by atoms with Gasteiger partial charge >= 0.3 is 0 Å². The van der Waals surface area contributed by atoms with Crippen molar-refractivity contribution in [2.45, 2.75) is 6.04 Å². The molecule has 1 aromatic carbocycles. The van der Waals surface area contributed by atoms with E-state index in [1.54, 1.807) is 13.3 Å². The van der Waals surface area contributed by atoms with Crippen LogP contribution >= 0.6 is 0 Å². The van der Waals surface area contributed by atoms with Gasteiger partial charge in [-0.15, -0.1) is 0 Å². The molecule has 0 fully saturated rings. The highest BCUT2D eigenvalue weighted by molar-refractivity contribution is 5.47. The zero-order valence-electron chi connectivity index (χ0n) is 10.3. The lowest BCUT2D eigenvalue weighted by atomic mass is 10.1. The topological polar surface area (TPSA) is 60.2 Å². The van der Waals surface area contributed by atoms with E-state index in [1.165, 1.54) is 0 Å². The summed E-state index contributed by atoms with van der Waals surface area (Å²) in [5, 5.41) is 3.35. The van der Waals surface area contributed by atoms with E-state index >= 15 is 0 Å². The van der Waals surface area contributed by atoms with Crippen molar-refractivity contribution < 1.29 is 4.74 Å². The number of nitrogens with one attached hydrogen (secondary N) is 1. The van der Waals surface area contributed by atoms with Gasteiger partial charge in [-0.25, -0.2) is 0 Å². The van der Waals surface area contributed by atoms with E-state index in [2.05, 4.69) is 10.3 Å². The van der Waals surface area contributed by atoms with Crippen LogP contribution in [0, 0.1) is 0 Å². The van der Waals surface area contributed by atoms with Crippen molar-refractivity contribution in [1.82, 2.24) is 4.98 Å². The minimum absolute atomic E-state index is 0.0135. The van der Waals surface area contributed by atoms with Crippen LogP contribution in [0.2, 0.25) is 0 Å². The molecule has 2 aromatic rings. The second-order valence-corrected chi connectivity index (χ2v) is 3.92. The summed E-state index contributed by atoms with van der Waals surface area (Å²) in [6.07, 6.45) is 1.77. The summed E-state index contributed by atoms with van der Waals surface area (Å²) in [6, 6.07) is 13.6. The van der Waals surface area contributed by atoms with Gasteiger partial charge in [-0.1, -0.05) is 6.07 Å². The van der Waals surface area contributed by atoms with Crippen LogP contribution in [-0.2, 0) is 0 Å². The van der Waals surface area contributed by atoms with Gasteiger partial charge in [0.15, 0.2) is 0 Å². The van der Waals surface area contributed by atoms with Crippen LogP contribution in [0.3, 0.4) is 0 Å². The number of aromatic nitrogens is 1.